The average molecular weight is 236 g/mol. The van der Waals surface area contributed by atoms with Gasteiger partial charge in [0.15, 0.2) is 0 Å². The van der Waals surface area contributed by atoms with E-state index in [1.807, 2.05) is 0 Å². The van der Waals surface area contributed by atoms with E-state index in [2.05, 4.69) is 0 Å². The second-order valence-corrected chi connectivity index (χ2v) is 4.03. The van der Waals surface area contributed by atoms with Crippen molar-refractivity contribution in [1.29, 1.82) is 0 Å². The summed E-state index contributed by atoms with van der Waals surface area (Å²) in [6.07, 6.45) is -0.0926. The van der Waals surface area contributed by atoms with Crippen molar-refractivity contribution in [2.45, 2.75) is 6.10 Å². The molecule has 1 fully saturated rings. The van der Waals surface area contributed by atoms with Gasteiger partial charge in [-0.05, 0) is 18.2 Å². The van der Waals surface area contributed by atoms with E-state index >= 15 is 0 Å². The second-order valence-electron chi connectivity index (χ2n) is 4.03. The summed E-state index contributed by atoms with van der Waals surface area (Å²) < 4.78 is 5.40. The number of ether oxygens (including phenoxy) is 1. The summed E-state index contributed by atoms with van der Waals surface area (Å²) in [5.41, 5.74) is 6.01. The molecule has 0 radical (unpaired) electrons. The van der Waals surface area contributed by atoms with Crippen LogP contribution in [0.2, 0.25) is 0 Å². The Morgan fingerprint density at radius 3 is 3.12 bits per heavy atom. The molecule has 1 unspecified atom stereocenters. The largest absolute Gasteiger partial charge is 0.508 e. The van der Waals surface area contributed by atoms with Crippen molar-refractivity contribution in [3.63, 3.8) is 0 Å². The van der Waals surface area contributed by atoms with Gasteiger partial charge in [0.05, 0.1) is 12.7 Å². The number of nitrogens with zero attached hydrogens (tertiary/aromatic N) is 1. The van der Waals surface area contributed by atoms with Crippen LogP contribution in [0, 0.1) is 0 Å². The molecule has 1 heterocycles. The highest BCUT2D eigenvalue weighted by atomic mass is 16.5. The minimum Gasteiger partial charge on any atom is -0.508 e. The van der Waals surface area contributed by atoms with Gasteiger partial charge in [0.1, 0.15) is 5.75 Å². The summed E-state index contributed by atoms with van der Waals surface area (Å²) >= 11 is 0. The number of carbonyl (C=O) groups is 1. The Morgan fingerprint density at radius 2 is 2.41 bits per heavy atom. The molecule has 0 aliphatic carbocycles. The molecule has 1 saturated heterocycles. The zero-order chi connectivity index (χ0) is 12.3. The van der Waals surface area contributed by atoms with Crippen molar-refractivity contribution in [2.24, 2.45) is 5.73 Å². The van der Waals surface area contributed by atoms with Crippen LogP contribution < -0.4 is 5.73 Å². The van der Waals surface area contributed by atoms with Crippen LogP contribution in [0.5, 0.6) is 5.75 Å². The van der Waals surface area contributed by atoms with E-state index in [0.29, 0.717) is 31.8 Å². The lowest BCUT2D eigenvalue weighted by Crippen LogP contribution is -2.48. The number of morpholine rings is 1. The predicted octanol–water partition coefficient (Wildman–Crippen LogP) is 0.192. The van der Waals surface area contributed by atoms with Crippen LogP contribution in [0.25, 0.3) is 0 Å². The Kier molecular flexibility index (Phi) is 3.61. The van der Waals surface area contributed by atoms with Crippen molar-refractivity contribution in [3.8, 4) is 5.75 Å². The summed E-state index contributed by atoms with van der Waals surface area (Å²) in [7, 11) is 0. The van der Waals surface area contributed by atoms with Crippen LogP contribution in [0.1, 0.15) is 10.4 Å². The summed E-state index contributed by atoms with van der Waals surface area (Å²) in [5, 5.41) is 9.34. The molecule has 0 spiro atoms. The molecule has 1 aromatic rings. The van der Waals surface area contributed by atoms with Gasteiger partial charge in [-0.1, -0.05) is 6.07 Å². The predicted molar refractivity (Wildman–Crippen MR) is 62.8 cm³/mol. The molecule has 5 heteroatoms. The number of rotatable bonds is 2. The van der Waals surface area contributed by atoms with Gasteiger partial charge in [-0.3, -0.25) is 4.79 Å². The molecule has 1 aliphatic heterocycles. The first-order chi connectivity index (χ1) is 8.20. The third kappa shape index (κ3) is 2.75. The molecule has 2 rings (SSSR count). The van der Waals surface area contributed by atoms with Crippen molar-refractivity contribution in [2.75, 3.05) is 26.2 Å². The summed E-state index contributed by atoms with van der Waals surface area (Å²) in [6.45, 7) is 1.98. The molecular formula is C12H16N2O3. The van der Waals surface area contributed by atoms with E-state index in [-0.39, 0.29) is 17.8 Å². The first-order valence-electron chi connectivity index (χ1n) is 5.60. The van der Waals surface area contributed by atoms with E-state index in [1.165, 1.54) is 6.07 Å². The fourth-order valence-corrected chi connectivity index (χ4v) is 1.87. The first-order valence-corrected chi connectivity index (χ1v) is 5.60. The van der Waals surface area contributed by atoms with E-state index in [4.69, 9.17) is 10.5 Å². The minimum absolute atomic E-state index is 0.0926. The maximum absolute atomic E-state index is 12.1. The van der Waals surface area contributed by atoms with Crippen LogP contribution >= 0.6 is 0 Å². The van der Waals surface area contributed by atoms with Gasteiger partial charge in [0, 0.05) is 25.2 Å². The molecule has 1 aliphatic rings. The van der Waals surface area contributed by atoms with E-state index in [1.54, 1.807) is 23.1 Å². The van der Waals surface area contributed by atoms with Crippen molar-refractivity contribution in [1.82, 2.24) is 4.90 Å². The summed E-state index contributed by atoms with van der Waals surface area (Å²) in [4.78, 5) is 13.8. The lowest BCUT2D eigenvalue weighted by molar-refractivity contribution is -0.0167. The molecular weight excluding hydrogens is 220 g/mol. The molecule has 1 aromatic carbocycles. The van der Waals surface area contributed by atoms with Crippen LogP contribution in [-0.4, -0.2) is 48.3 Å². The highest BCUT2D eigenvalue weighted by molar-refractivity contribution is 5.94. The SMILES string of the molecule is NCC1CN(C(=O)c2cccc(O)c2)CCO1. The Morgan fingerprint density at radius 1 is 1.59 bits per heavy atom. The maximum atomic E-state index is 12.1. The second kappa shape index (κ2) is 5.16. The molecule has 17 heavy (non-hydrogen) atoms. The molecule has 1 atom stereocenters. The molecule has 1 amide bonds. The van der Waals surface area contributed by atoms with Gasteiger partial charge in [-0.2, -0.15) is 0 Å². The minimum atomic E-state index is -0.0948. The van der Waals surface area contributed by atoms with Crippen LogP contribution in [-0.2, 0) is 4.74 Å². The number of carbonyl (C=O) groups excluding carboxylic acids is 1. The number of phenolic OH excluding ortho intramolecular Hbond substituents is 1. The first kappa shape index (κ1) is 11.9. The van der Waals surface area contributed by atoms with Crippen LogP contribution in [0.3, 0.4) is 0 Å². The number of hydrogen-bond donors (Lipinski definition) is 2. The standard InChI is InChI=1S/C12H16N2O3/c13-7-11-8-14(4-5-17-11)12(16)9-2-1-3-10(15)6-9/h1-3,6,11,15H,4-5,7-8,13H2. The topological polar surface area (TPSA) is 75.8 Å². The van der Waals surface area contributed by atoms with Gasteiger partial charge in [0.2, 0.25) is 0 Å². The van der Waals surface area contributed by atoms with Gasteiger partial charge in [-0.15, -0.1) is 0 Å². The van der Waals surface area contributed by atoms with E-state index < -0.39 is 0 Å². The molecule has 0 bridgehead atoms. The fraction of sp³-hybridized carbons (Fsp3) is 0.417. The number of aromatic hydroxyl groups is 1. The maximum Gasteiger partial charge on any atom is 0.254 e. The lowest BCUT2D eigenvalue weighted by atomic mass is 10.1. The zero-order valence-electron chi connectivity index (χ0n) is 9.50. The lowest BCUT2D eigenvalue weighted by Gasteiger charge is -2.32. The average Bonchev–Trinajstić information content (AvgIpc) is 2.38. The fourth-order valence-electron chi connectivity index (χ4n) is 1.87. The van der Waals surface area contributed by atoms with Crippen molar-refractivity contribution >= 4 is 5.91 Å². The number of phenols is 1. The van der Waals surface area contributed by atoms with Crippen LogP contribution in [0.15, 0.2) is 24.3 Å². The summed E-state index contributed by atoms with van der Waals surface area (Å²) in [6, 6.07) is 6.35. The highest BCUT2D eigenvalue weighted by Gasteiger charge is 2.24. The third-order valence-electron chi connectivity index (χ3n) is 2.78. The Labute approximate surface area is 99.8 Å². The zero-order valence-corrected chi connectivity index (χ0v) is 9.50. The Bertz CT molecular complexity index is 408. The normalized spacial score (nSPS) is 20.3. The molecule has 3 N–H and O–H groups in total. The number of nitrogens with two attached hydrogens (primary N) is 1. The van der Waals surface area contributed by atoms with Crippen LogP contribution in [0.4, 0.5) is 0 Å². The third-order valence-corrected chi connectivity index (χ3v) is 2.78. The van der Waals surface area contributed by atoms with Crippen molar-refractivity contribution in [3.05, 3.63) is 29.8 Å². The van der Waals surface area contributed by atoms with Gasteiger partial charge < -0.3 is 20.5 Å². The monoisotopic (exact) mass is 236 g/mol. The number of benzene rings is 1. The van der Waals surface area contributed by atoms with E-state index in [0.717, 1.165) is 0 Å². The Hall–Kier alpha value is -1.59. The quantitative estimate of drug-likeness (QED) is 0.768. The van der Waals surface area contributed by atoms with Gasteiger partial charge in [-0.25, -0.2) is 0 Å². The van der Waals surface area contributed by atoms with Gasteiger partial charge >= 0.3 is 0 Å². The molecule has 92 valence electrons. The van der Waals surface area contributed by atoms with Gasteiger partial charge in [0.25, 0.3) is 5.91 Å². The summed E-state index contributed by atoms with van der Waals surface area (Å²) in [5.74, 6) is 0.00198. The number of amides is 1. The van der Waals surface area contributed by atoms with E-state index in [9.17, 15) is 9.90 Å². The van der Waals surface area contributed by atoms with Crippen molar-refractivity contribution < 1.29 is 14.6 Å². The molecule has 0 saturated carbocycles. The smallest absolute Gasteiger partial charge is 0.254 e. The Balaban J connectivity index is 2.09. The molecule has 0 aromatic heterocycles. The molecule has 5 nitrogen and oxygen atoms in total. The number of hydrogen-bond acceptors (Lipinski definition) is 4. The highest BCUT2D eigenvalue weighted by Crippen LogP contribution is 2.15.